The molecule has 3 aromatic carbocycles. The summed E-state index contributed by atoms with van der Waals surface area (Å²) in [6, 6.07) is 18.7. The van der Waals surface area contributed by atoms with Gasteiger partial charge >= 0.3 is 5.97 Å². The summed E-state index contributed by atoms with van der Waals surface area (Å²) in [6.07, 6.45) is 9.17. The van der Waals surface area contributed by atoms with E-state index in [-0.39, 0.29) is 23.2 Å². The molecule has 3 aromatic rings. The summed E-state index contributed by atoms with van der Waals surface area (Å²) in [6.45, 7) is 7.27. The van der Waals surface area contributed by atoms with Crippen LogP contribution < -0.4 is 0 Å². The molecule has 0 aromatic heterocycles. The van der Waals surface area contributed by atoms with Crippen LogP contribution in [0.5, 0.6) is 0 Å². The fraction of sp³-hybridized carbons (Fsp3) is 0.417. The van der Waals surface area contributed by atoms with E-state index in [0.717, 1.165) is 41.5 Å². The van der Waals surface area contributed by atoms with Crippen LogP contribution in [-0.2, 0) is 10.7 Å². The third kappa shape index (κ3) is 7.69. The van der Waals surface area contributed by atoms with Crippen LogP contribution in [0.1, 0.15) is 99.3 Å². The van der Waals surface area contributed by atoms with Crippen LogP contribution in [0.4, 0.5) is 13.2 Å². The SMILES string of the molecule is C=CC(F)(F)c1ccc(-c2cc(C(CC(C)C)C(=O)O)ccc2C(CC2CCCCCC2)c2ccc(F)cc2)cc1. The lowest BCUT2D eigenvalue weighted by Crippen LogP contribution is -2.15. The predicted octanol–water partition coefficient (Wildman–Crippen LogP) is 10.5. The molecule has 1 saturated carbocycles. The van der Waals surface area contributed by atoms with Crippen molar-refractivity contribution < 1.29 is 23.1 Å². The Balaban J connectivity index is 1.87. The summed E-state index contributed by atoms with van der Waals surface area (Å²) < 4.78 is 42.7. The molecular formula is C36H41F3O2. The van der Waals surface area contributed by atoms with Crippen LogP contribution in [0.3, 0.4) is 0 Å². The summed E-state index contributed by atoms with van der Waals surface area (Å²) >= 11 is 0. The van der Waals surface area contributed by atoms with Crippen molar-refractivity contribution in [1.29, 1.82) is 0 Å². The second-order valence-electron chi connectivity index (χ2n) is 12.0. The van der Waals surface area contributed by atoms with Gasteiger partial charge < -0.3 is 5.11 Å². The molecule has 0 spiro atoms. The first kappa shape index (κ1) is 30.6. The first-order valence-corrected chi connectivity index (χ1v) is 14.8. The number of alkyl halides is 2. The molecule has 0 saturated heterocycles. The van der Waals surface area contributed by atoms with Crippen molar-refractivity contribution in [3.05, 3.63) is 107 Å². The van der Waals surface area contributed by atoms with Gasteiger partial charge in [0, 0.05) is 11.5 Å². The Morgan fingerprint density at radius 2 is 1.56 bits per heavy atom. The van der Waals surface area contributed by atoms with E-state index in [0.29, 0.717) is 24.0 Å². The van der Waals surface area contributed by atoms with Gasteiger partial charge in [-0.3, -0.25) is 4.79 Å². The van der Waals surface area contributed by atoms with Gasteiger partial charge in [0.15, 0.2) is 0 Å². The number of benzene rings is 3. The molecule has 218 valence electrons. The Morgan fingerprint density at radius 1 is 0.951 bits per heavy atom. The number of rotatable bonds is 11. The van der Waals surface area contributed by atoms with Crippen molar-refractivity contribution in [2.45, 2.75) is 83.0 Å². The molecule has 4 rings (SSSR count). The molecule has 0 heterocycles. The lowest BCUT2D eigenvalue weighted by Gasteiger charge is -2.27. The number of hydrogen-bond acceptors (Lipinski definition) is 1. The van der Waals surface area contributed by atoms with E-state index in [9.17, 15) is 23.1 Å². The molecule has 2 nitrogen and oxygen atoms in total. The van der Waals surface area contributed by atoms with Crippen LogP contribution in [-0.4, -0.2) is 11.1 Å². The topological polar surface area (TPSA) is 37.3 Å². The van der Waals surface area contributed by atoms with Crippen molar-refractivity contribution in [1.82, 2.24) is 0 Å². The summed E-state index contributed by atoms with van der Waals surface area (Å²) in [4.78, 5) is 12.3. The quantitative estimate of drug-likeness (QED) is 0.186. The van der Waals surface area contributed by atoms with Crippen molar-refractivity contribution in [2.75, 3.05) is 0 Å². The van der Waals surface area contributed by atoms with Gasteiger partial charge in [-0.25, -0.2) is 4.39 Å². The van der Waals surface area contributed by atoms with Crippen molar-refractivity contribution in [3.8, 4) is 11.1 Å². The summed E-state index contributed by atoms with van der Waals surface area (Å²) in [5, 5.41) is 10.1. The van der Waals surface area contributed by atoms with Crippen LogP contribution in [0.25, 0.3) is 11.1 Å². The largest absolute Gasteiger partial charge is 0.481 e. The zero-order valence-electron chi connectivity index (χ0n) is 24.1. The highest BCUT2D eigenvalue weighted by atomic mass is 19.3. The minimum atomic E-state index is -3.15. The van der Waals surface area contributed by atoms with Gasteiger partial charge in [0.25, 0.3) is 5.92 Å². The summed E-state index contributed by atoms with van der Waals surface area (Å²) in [7, 11) is 0. The number of carbonyl (C=O) groups is 1. The van der Waals surface area contributed by atoms with Gasteiger partial charge in [-0.1, -0.05) is 107 Å². The van der Waals surface area contributed by atoms with E-state index in [4.69, 9.17) is 0 Å². The van der Waals surface area contributed by atoms with E-state index in [1.54, 1.807) is 12.1 Å². The molecule has 41 heavy (non-hydrogen) atoms. The highest BCUT2D eigenvalue weighted by Gasteiger charge is 2.29. The Bertz CT molecular complexity index is 1300. The monoisotopic (exact) mass is 562 g/mol. The average Bonchev–Trinajstić information content (AvgIpc) is 3.23. The maximum Gasteiger partial charge on any atom is 0.310 e. The maximum atomic E-state index is 14.3. The van der Waals surface area contributed by atoms with Gasteiger partial charge in [-0.2, -0.15) is 8.78 Å². The zero-order valence-corrected chi connectivity index (χ0v) is 24.1. The number of carboxylic acids is 1. The number of carboxylic acid groups (broad SMARTS) is 1. The third-order valence-corrected chi connectivity index (χ3v) is 8.51. The Labute approximate surface area is 242 Å². The molecule has 1 aliphatic carbocycles. The number of aliphatic carboxylic acids is 1. The van der Waals surface area contributed by atoms with Crippen molar-refractivity contribution >= 4 is 5.97 Å². The predicted molar refractivity (Wildman–Crippen MR) is 160 cm³/mol. The number of halogens is 3. The molecule has 0 radical (unpaired) electrons. The molecular weight excluding hydrogens is 521 g/mol. The van der Waals surface area contributed by atoms with E-state index in [1.165, 1.54) is 49.9 Å². The molecule has 0 aliphatic heterocycles. The van der Waals surface area contributed by atoms with Gasteiger partial charge in [-0.05, 0) is 76.8 Å². The lowest BCUT2D eigenvalue weighted by molar-refractivity contribution is -0.139. The molecule has 0 amide bonds. The normalized spacial score (nSPS) is 16.2. The smallest absolute Gasteiger partial charge is 0.310 e. The fourth-order valence-electron chi connectivity index (χ4n) is 6.26. The standard InChI is InChI=1S/C36H41F3O2/c1-4-36(38,39)29-16-11-26(12-17-29)33-23-28(34(35(40)41)21-24(2)3)15-20-31(33)32(27-13-18-30(37)19-14-27)22-25-9-7-5-6-8-10-25/h4,11-20,23-25,32,34H,1,5-10,21-22H2,2-3H3,(H,40,41). The van der Waals surface area contributed by atoms with Crippen LogP contribution in [0.15, 0.2) is 79.4 Å². The van der Waals surface area contributed by atoms with Gasteiger partial charge in [-0.15, -0.1) is 0 Å². The first-order valence-electron chi connectivity index (χ1n) is 14.8. The maximum absolute atomic E-state index is 14.3. The zero-order chi connectivity index (χ0) is 29.6. The molecule has 1 aliphatic rings. The summed E-state index contributed by atoms with van der Waals surface area (Å²) in [5.74, 6) is -4.36. The average molecular weight is 563 g/mol. The molecule has 2 unspecified atom stereocenters. The lowest BCUT2D eigenvalue weighted by atomic mass is 9.77. The first-order chi connectivity index (χ1) is 19.6. The van der Waals surface area contributed by atoms with Gasteiger partial charge in [0.05, 0.1) is 5.92 Å². The highest BCUT2D eigenvalue weighted by Crippen LogP contribution is 2.42. The molecule has 5 heteroatoms. The minimum absolute atomic E-state index is 0.0505. The van der Waals surface area contributed by atoms with Crippen LogP contribution in [0.2, 0.25) is 0 Å². The number of hydrogen-bond donors (Lipinski definition) is 1. The molecule has 1 fully saturated rings. The van der Waals surface area contributed by atoms with Crippen LogP contribution >= 0.6 is 0 Å². The van der Waals surface area contributed by atoms with Crippen molar-refractivity contribution in [3.63, 3.8) is 0 Å². The van der Waals surface area contributed by atoms with Crippen LogP contribution in [0, 0.1) is 17.7 Å². The third-order valence-electron chi connectivity index (χ3n) is 8.51. The molecule has 2 atom stereocenters. The van der Waals surface area contributed by atoms with E-state index in [2.05, 4.69) is 6.58 Å². The highest BCUT2D eigenvalue weighted by molar-refractivity contribution is 5.78. The van der Waals surface area contributed by atoms with Crippen molar-refractivity contribution in [2.24, 2.45) is 11.8 Å². The minimum Gasteiger partial charge on any atom is -0.481 e. The second-order valence-corrected chi connectivity index (χ2v) is 12.0. The Kier molecular flexibility index (Phi) is 10.1. The Morgan fingerprint density at radius 3 is 2.12 bits per heavy atom. The molecule has 0 bridgehead atoms. The van der Waals surface area contributed by atoms with Gasteiger partial charge in [0.1, 0.15) is 5.82 Å². The van der Waals surface area contributed by atoms with Gasteiger partial charge in [0.2, 0.25) is 0 Å². The van der Waals surface area contributed by atoms with E-state index in [1.807, 2.05) is 44.2 Å². The second kappa shape index (κ2) is 13.5. The Hall–Kier alpha value is -3.34. The van der Waals surface area contributed by atoms with E-state index < -0.39 is 17.8 Å². The van der Waals surface area contributed by atoms with E-state index >= 15 is 0 Å². The summed E-state index contributed by atoms with van der Waals surface area (Å²) in [5.41, 5.74) is 4.11. The molecule has 1 N–H and O–H groups in total. The number of allylic oxidation sites excluding steroid dienone is 1. The fourth-order valence-corrected chi connectivity index (χ4v) is 6.26.